The van der Waals surface area contributed by atoms with E-state index in [9.17, 15) is 0 Å². The smallest absolute Gasteiger partial charge is 0.170 e. The molecule has 2 aromatic carbocycles. The number of hydrogen-bond acceptors (Lipinski definition) is 2. The van der Waals surface area contributed by atoms with Crippen molar-refractivity contribution >= 4 is 23.0 Å². The van der Waals surface area contributed by atoms with Gasteiger partial charge in [-0.3, -0.25) is 0 Å². The molecule has 0 amide bonds. The van der Waals surface area contributed by atoms with Crippen LogP contribution < -0.4 is 15.4 Å². The average Bonchev–Trinajstić information content (AvgIpc) is 2.56. The molecule has 22 heavy (non-hydrogen) atoms. The standard InChI is InChI=1S/C18H22N2OS/c1-3-15-6-4-5-7-17(15)20-18(22)19-13-12-14-8-10-16(21-2)11-9-14/h4-11H,3,12-13H2,1-2H3,(H2,19,20,22). The van der Waals surface area contributed by atoms with Crippen LogP contribution in [0.4, 0.5) is 5.69 Å². The van der Waals surface area contributed by atoms with Crippen LogP contribution in [0.25, 0.3) is 0 Å². The molecule has 3 nitrogen and oxygen atoms in total. The van der Waals surface area contributed by atoms with E-state index in [2.05, 4.69) is 41.8 Å². The van der Waals surface area contributed by atoms with Crippen LogP contribution in [0, 0.1) is 0 Å². The summed E-state index contributed by atoms with van der Waals surface area (Å²) in [6.45, 7) is 2.94. The van der Waals surface area contributed by atoms with Gasteiger partial charge in [-0.05, 0) is 54.4 Å². The molecule has 0 radical (unpaired) electrons. The predicted molar refractivity (Wildman–Crippen MR) is 96.7 cm³/mol. The molecule has 0 aliphatic carbocycles. The van der Waals surface area contributed by atoms with Crippen LogP contribution in [0.2, 0.25) is 0 Å². The number of thiocarbonyl (C=S) groups is 1. The highest BCUT2D eigenvalue weighted by molar-refractivity contribution is 7.80. The third-order valence-electron chi connectivity index (χ3n) is 3.50. The minimum Gasteiger partial charge on any atom is -0.497 e. The van der Waals surface area contributed by atoms with Gasteiger partial charge >= 0.3 is 0 Å². The molecule has 0 heterocycles. The van der Waals surface area contributed by atoms with Crippen molar-refractivity contribution in [3.8, 4) is 5.75 Å². The van der Waals surface area contributed by atoms with E-state index in [1.54, 1.807) is 7.11 Å². The highest BCUT2D eigenvalue weighted by atomic mass is 32.1. The molecule has 2 N–H and O–H groups in total. The number of aryl methyl sites for hydroxylation is 1. The maximum Gasteiger partial charge on any atom is 0.170 e. The summed E-state index contributed by atoms with van der Waals surface area (Å²) in [4.78, 5) is 0. The van der Waals surface area contributed by atoms with Gasteiger partial charge in [-0.1, -0.05) is 37.3 Å². The largest absolute Gasteiger partial charge is 0.497 e. The van der Waals surface area contributed by atoms with E-state index >= 15 is 0 Å². The quantitative estimate of drug-likeness (QED) is 0.795. The lowest BCUT2D eigenvalue weighted by Crippen LogP contribution is -2.30. The fraction of sp³-hybridized carbons (Fsp3) is 0.278. The Bertz CT molecular complexity index is 611. The number of para-hydroxylation sites is 1. The second-order valence-electron chi connectivity index (χ2n) is 4.99. The van der Waals surface area contributed by atoms with Crippen molar-refractivity contribution in [2.24, 2.45) is 0 Å². The molecule has 0 aliphatic heterocycles. The first-order valence-corrected chi connectivity index (χ1v) is 7.89. The van der Waals surface area contributed by atoms with E-state index in [0.717, 1.165) is 30.8 Å². The van der Waals surface area contributed by atoms with Gasteiger partial charge in [0, 0.05) is 12.2 Å². The summed E-state index contributed by atoms with van der Waals surface area (Å²) in [6, 6.07) is 16.3. The van der Waals surface area contributed by atoms with Crippen molar-refractivity contribution in [3.05, 3.63) is 59.7 Å². The summed E-state index contributed by atoms with van der Waals surface area (Å²) in [5.74, 6) is 0.880. The summed E-state index contributed by atoms with van der Waals surface area (Å²) in [5.41, 5.74) is 3.60. The van der Waals surface area contributed by atoms with Gasteiger partial charge in [0.15, 0.2) is 5.11 Å². The summed E-state index contributed by atoms with van der Waals surface area (Å²) in [7, 11) is 1.68. The highest BCUT2D eigenvalue weighted by Gasteiger charge is 2.02. The van der Waals surface area contributed by atoms with Crippen LogP contribution in [-0.2, 0) is 12.8 Å². The minimum absolute atomic E-state index is 0.661. The van der Waals surface area contributed by atoms with Gasteiger partial charge in [-0.2, -0.15) is 0 Å². The van der Waals surface area contributed by atoms with Crippen LogP contribution in [-0.4, -0.2) is 18.8 Å². The van der Waals surface area contributed by atoms with Crippen LogP contribution in [0.5, 0.6) is 5.75 Å². The van der Waals surface area contributed by atoms with Gasteiger partial charge in [0.05, 0.1) is 7.11 Å². The van der Waals surface area contributed by atoms with Gasteiger partial charge < -0.3 is 15.4 Å². The Kier molecular flexibility index (Phi) is 6.22. The molecule has 0 atom stereocenters. The Hall–Kier alpha value is -2.07. The van der Waals surface area contributed by atoms with Gasteiger partial charge in [-0.25, -0.2) is 0 Å². The molecule has 0 spiro atoms. The number of methoxy groups -OCH3 is 1. The number of hydrogen-bond donors (Lipinski definition) is 2. The first-order valence-electron chi connectivity index (χ1n) is 7.48. The van der Waals surface area contributed by atoms with Gasteiger partial charge in [0.1, 0.15) is 5.75 Å². The fourth-order valence-corrected chi connectivity index (χ4v) is 2.44. The zero-order chi connectivity index (χ0) is 15.8. The third-order valence-corrected chi connectivity index (χ3v) is 3.75. The normalized spacial score (nSPS) is 10.1. The minimum atomic E-state index is 0.661. The van der Waals surface area contributed by atoms with E-state index in [0.29, 0.717) is 5.11 Å². The molecule has 116 valence electrons. The second kappa shape index (κ2) is 8.39. The highest BCUT2D eigenvalue weighted by Crippen LogP contribution is 2.15. The molecular formula is C18H22N2OS. The molecule has 2 rings (SSSR count). The third kappa shape index (κ3) is 4.74. The molecule has 0 bridgehead atoms. The molecule has 2 aromatic rings. The maximum atomic E-state index is 5.36. The van der Waals surface area contributed by atoms with Gasteiger partial charge in [0.25, 0.3) is 0 Å². The predicted octanol–water partition coefficient (Wildman–Crippen LogP) is 3.79. The van der Waals surface area contributed by atoms with Crippen LogP contribution in [0.15, 0.2) is 48.5 Å². The van der Waals surface area contributed by atoms with Crippen molar-refractivity contribution in [3.63, 3.8) is 0 Å². The van der Waals surface area contributed by atoms with E-state index in [1.165, 1.54) is 11.1 Å². The number of nitrogens with one attached hydrogen (secondary N) is 2. The summed E-state index contributed by atoms with van der Waals surface area (Å²) < 4.78 is 5.15. The Morgan fingerprint density at radius 1 is 1.09 bits per heavy atom. The lowest BCUT2D eigenvalue weighted by molar-refractivity contribution is 0.414. The van der Waals surface area contributed by atoms with Gasteiger partial charge in [-0.15, -0.1) is 0 Å². The van der Waals surface area contributed by atoms with E-state index in [4.69, 9.17) is 17.0 Å². The fourth-order valence-electron chi connectivity index (χ4n) is 2.23. The Balaban J connectivity index is 1.80. The first kappa shape index (κ1) is 16.3. The van der Waals surface area contributed by atoms with Crippen molar-refractivity contribution < 1.29 is 4.74 Å². The molecule has 4 heteroatoms. The molecule has 0 fully saturated rings. The van der Waals surface area contributed by atoms with Crippen LogP contribution in [0.1, 0.15) is 18.1 Å². The number of benzene rings is 2. The molecule has 0 unspecified atom stereocenters. The van der Waals surface area contributed by atoms with E-state index in [1.807, 2.05) is 24.3 Å². The van der Waals surface area contributed by atoms with Crippen LogP contribution in [0.3, 0.4) is 0 Å². The topological polar surface area (TPSA) is 33.3 Å². The van der Waals surface area contributed by atoms with Crippen molar-refractivity contribution in [1.29, 1.82) is 0 Å². The lowest BCUT2D eigenvalue weighted by atomic mass is 10.1. The van der Waals surface area contributed by atoms with E-state index < -0.39 is 0 Å². The first-order chi connectivity index (χ1) is 10.7. The van der Waals surface area contributed by atoms with Crippen molar-refractivity contribution in [2.75, 3.05) is 19.0 Å². The number of anilines is 1. The van der Waals surface area contributed by atoms with E-state index in [-0.39, 0.29) is 0 Å². The summed E-state index contributed by atoms with van der Waals surface area (Å²) in [5, 5.41) is 7.18. The Labute approximate surface area is 137 Å². The zero-order valence-corrected chi connectivity index (χ0v) is 13.9. The summed E-state index contributed by atoms with van der Waals surface area (Å²) >= 11 is 5.36. The van der Waals surface area contributed by atoms with Crippen LogP contribution >= 0.6 is 12.2 Å². The monoisotopic (exact) mass is 314 g/mol. The van der Waals surface area contributed by atoms with Crippen molar-refractivity contribution in [1.82, 2.24) is 5.32 Å². The Morgan fingerprint density at radius 3 is 2.50 bits per heavy atom. The average molecular weight is 314 g/mol. The summed E-state index contributed by atoms with van der Waals surface area (Å²) in [6.07, 6.45) is 1.90. The molecule has 0 saturated heterocycles. The Morgan fingerprint density at radius 2 is 1.82 bits per heavy atom. The molecule has 0 saturated carbocycles. The van der Waals surface area contributed by atoms with Gasteiger partial charge in [0.2, 0.25) is 0 Å². The maximum absolute atomic E-state index is 5.36. The second-order valence-corrected chi connectivity index (χ2v) is 5.40. The van der Waals surface area contributed by atoms with Crippen molar-refractivity contribution in [2.45, 2.75) is 19.8 Å². The zero-order valence-electron chi connectivity index (χ0n) is 13.1. The molecular weight excluding hydrogens is 292 g/mol. The number of ether oxygens (including phenoxy) is 1. The molecule has 0 aliphatic rings. The lowest BCUT2D eigenvalue weighted by Gasteiger charge is -2.13. The number of rotatable bonds is 6. The molecule has 0 aromatic heterocycles. The SMILES string of the molecule is CCc1ccccc1NC(=S)NCCc1ccc(OC)cc1.